The first kappa shape index (κ1) is 17.9. The van der Waals surface area contributed by atoms with Gasteiger partial charge in [-0.25, -0.2) is 9.97 Å². The zero-order valence-corrected chi connectivity index (χ0v) is 16.0. The van der Waals surface area contributed by atoms with Crippen LogP contribution in [0.15, 0.2) is 41.0 Å². The number of fused-ring (bicyclic) bond motifs is 1. The average Bonchev–Trinajstić information content (AvgIpc) is 3.05. The molecule has 0 spiro atoms. The number of hydrogen-bond donors (Lipinski definition) is 0. The Morgan fingerprint density at radius 1 is 1.24 bits per heavy atom. The van der Waals surface area contributed by atoms with Gasteiger partial charge in [0.2, 0.25) is 0 Å². The Bertz CT molecular complexity index is 859. The second-order valence-corrected chi connectivity index (χ2v) is 7.56. The maximum Gasteiger partial charge on any atom is 0.316 e. The van der Waals surface area contributed by atoms with Crippen molar-refractivity contribution in [2.75, 3.05) is 12.4 Å². The quantitative estimate of drug-likeness (QED) is 0.250. The molecule has 0 aliphatic carbocycles. The molecule has 3 rings (SSSR count). The molecule has 0 atom stereocenters. The van der Waals surface area contributed by atoms with E-state index in [-0.39, 0.29) is 11.7 Å². The summed E-state index contributed by atoms with van der Waals surface area (Å²) >= 11 is 3.01. The van der Waals surface area contributed by atoms with Crippen molar-refractivity contribution < 1.29 is 9.53 Å². The van der Waals surface area contributed by atoms with Gasteiger partial charge in [-0.15, -0.1) is 11.3 Å². The number of aromatic nitrogens is 2. The summed E-state index contributed by atoms with van der Waals surface area (Å²) in [6, 6.07) is 8.41. The number of thioether (sulfide) groups is 1. The smallest absolute Gasteiger partial charge is 0.316 e. The third-order valence-corrected chi connectivity index (χ3v) is 5.64. The highest BCUT2D eigenvalue weighted by Gasteiger charge is 2.15. The summed E-state index contributed by atoms with van der Waals surface area (Å²) in [5.74, 6) is 0.0660. The molecule has 0 radical (unpaired) electrons. The van der Waals surface area contributed by atoms with Gasteiger partial charge in [-0.3, -0.25) is 4.79 Å². The van der Waals surface area contributed by atoms with Gasteiger partial charge < -0.3 is 4.74 Å². The van der Waals surface area contributed by atoms with E-state index in [9.17, 15) is 4.79 Å². The third kappa shape index (κ3) is 4.38. The first-order valence-corrected chi connectivity index (χ1v) is 10.1. The van der Waals surface area contributed by atoms with Crippen molar-refractivity contribution >= 4 is 39.3 Å². The number of aryl methyl sites for hydroxylation is 1. The van der Waals surface area contributed by atoms with Crippen molar-refractivity contribution in [1.29, 1.82) is 0 Å². The second-order valence-electron chi connectivity index (χ2n) is 5.74. The Morgan fingerprint density at radius 3 is 2.80 bits per heavy atom. The maximum atomic E-state index is 11.9. The zero-order chi connectivity index (χ0) is 17.6. The highest BCUT2D eigenvalue weighted by Crippen LogP contribution is 2.37. The lowest BCUT2D eigenvalue weighted by atomic mass is 10.1. The summed E-state index contributed by atoms with van der Waals surface area (Å²) in [5.41, 5.74) is 3.48. The molecule has 0 aliphatic rings. The number of carbonyl (C=O) groups is 1. The number of hydrogen-bond acceptors (Lipinski definition) is 6. The average molecular weight is 373 g/mol. The SMILES string of the molecule is CCCCOC(=O)CSc1ncnc2scc(-c3ccc(C)cc3)c12. The second kappa shape index (κ2) is 8.45. The fourth-order valence-corrected chi connectivity index (χ4v) is 4.19. The van der Waals surface area contributed by atoms with Crippen LogP contribution in [0.3, 0.4) is 0 Å². The van der Waals surface area contributed by atoms with E-state index in [1.54, 1.807) is 17.7 Å². The standard InChI is InChI=1S/C19H20N2O2S2/c1-3-4-9-23-16(22)11-25-19-17-15(10-24-18(17)20-12-21-19)14-7-5-13(2)6-8-14/h5-8,10,12H,3-4,9,11H2,1-2H3. The predicted molar refractivity (Wildman–Crippen MR) is 104 cm³/mol. The molecular weight excluding hydrogens is 352 g/mol. The topological polar surface area (TPSA) is 52.1 Å². The number of nitrogens with zero attached hydrogens (tertiary/aromatic N) is 2. The van der Waals surface area contributed by atoms with E-state index in [4.69, 9.17) is 4.74 Å². The molecule has 0 unspecified atom stereocenters. The van der Waals surface area contributed by atoms with Crippen LogP contribution in [-0.4, -0.2) is 28.3 Å². The van der Waals surface area contributed by atoms with Crippen molar-refractivity contribution in [3.05, 3.63) is 41.5 Å². The summed E-state index contributed by atoms with van der Waals surface area (Å²) < 4.78 is 5.23. The van der Waals surface area contributed by atoms with Gasteiger partial charge in [0.15, 0.2) is 0 Å². The van der Waals surface area contributed by atoms with E-state index >= 15 is 0 Å². The van der Waals surface area contributed by atoms with Crippen LogP contribution in [-0.2, 0) is 9.53 Å². The van der Waals surface area contributed by atoms with Crippen LogP contribution < -0.4 is 0 Å². The highest BCUT2D eigenvalue weighted by molar-refractivity contribution is 8.00. The van der Waals surface area contributed by atoms with Crippen molar-refractivity contribution in [1.82, 2.24) is 9.97 Å². The molecule has 2 aromatic heterocycles. The van der Waals surface area contributed by atoms with E-state index in [1.165, 1.54) is 17.3 Å². The van der Waals surface area contributed by atoms with Gasteiger partial charge in [-0.2, -0.15) is 0 Å². The van der Waals surface area contributed by atoms with Crippen LogP contribution in [0.2, 0.25) is 0 Å². The van der Waals surface area contributed by atoms with Crippen LogP contribution >= 0.6 is 23.1 Å². The Labute approximate surface area is 155 Å². The van der Waals surface area contributed by atoms with Gasteiger partial charge in [-0.1, -0.05) is 54.9 Å². The van der Waals surface area contributed by atoms with E-state index < -0.39 is 0 Å². The van der Waals surface area contributed by atoms with Crippen molar-refractivity contribution in [2.45, 2.75) is 31.7 Å². The number of rotatable bonds is 7. The molecule has 0 aliphatic heterocycles. The van der Waals surface area contributed by atoms with Crippen LogP contribution in [0.25, 0.3) is 21.3 Å². The third-order valence-electron chi connectivity index (χ3n) is 3.79. The van der Waals surface area contributed by atoms with Crippen molar-refractivity contribution in [3.63, 3.8) is 0 Å². The summed E-state index contributed by atoms with van der Waals surface area (Å²) in [5, 5.41) is 3.95. The maximum absolute atomic E-state index is 11.9. The van der Waals surface area contributed by atoms with Crippen LogP contribution in [0.1, 0.15) is 25.3 Å². The largest absolute Gasteiger partial charge is 0.465 e. The zero-order valence-electron chi connectivity index (χ0n) is 14.3. The lowest BCUT2D eigenvalue weighted by Gasteiger charge is -2.06. The molecule has 0 saturated heterocycles. The van der Waals surface area contributed by atoms with Crippen LogP contribution in [0, 0.1) is 6.92 Å². The molecule has 1 aromatic carbocycles. The van der Waals surface area contributed by atoms with Crippen molar-refractivity contribution in [2.24, 2.45) is 0 Å². The molecule has 0 fully saturated rings. The summed E-state index contributed by atoms with van der Waals surface area (Å²) in [6.07, 6.45) is 3.47. The Kier molecular flexibility index (Phi) is 6.04. The van der Waals surface area contributed by atoms with Crippen LogP contribution in [0.5, 0.6) is 0 Å². The van der Waals surface area contributed by atoms with E-state index in [0.717, 1.165) is 39.2 Å². The van der Waals surface area contributed by atoms with Gasteiger partial charge in [-0.05, 0) is 18.9 Å². The molecule has 0 N–H and O–H groups in total. The lowest BCUT2D eigenvalue weighted by Crippen LogP contribution is -2.08. The van der Waals surface area contributed by atoms with Crippen molar-refractivity contribution in [3.8, 4) is 11.1 Å². The van der Waals surface area contributed by atoms with Gasteiger partial charge in [0.05, 0.1) is 17.7 Å². The Balaban J connectivity index is 1.82. The van der Waals surface area contributed by atoms with Crippen LogP contribution in [0.4, 0.5) is 0 Å². The fraction of sp³-hybridized carbons (Fsp3) is 0.316. The minimum Gasteiger partial charge on any atom is -0.465 e. The normalized spacial score (nSPS) is 11.0. The molecule has 0 amide bonds. The first-order valence-electron chi connectivity index (χ1n) is 8.26. The molecule has 2 heterocycles. The minimum absolute atomic E-state index is 0.197. The highest BCUT2D eigenvalue weighted by atomic mass is 32.2. The Morgan fingerprint density at radius 2 is 2.04 bits per heavy atom. The monoisotopic (exact) mass is 372 g/mol. The fourth-order valence-electron chi connectivity index (χ4n) is 2.40. The van der Waals surface area contributed by atoms with E-state index in [2.05, 4.69) is 53.5 Å². The molecule has 25 heavy (non-hydrogen) atoms. The molecule has 3 aromatic rings. The summed E-state index contributed by atoms with van der Waals surface area (Å²) in [7, 11) is 0. The number of carbonyl (C=O) groups excluding carboxylic acids is 1. The van der Waals surface area contributed by atoms with E-state index in [1.807, 2.05) is 0 Å². The molecule has 4 nitrogen and oxygen atoms in total. The minimum atomic E-state index is -0.197. The van der Waals surface area contributed by atoms with Gasteiger partial charge in [0.1, 0.15) is 16.2 Å². The predicted octanol–water partition coefficient (Wildman–Crippen LogP) is 5.10. The lowest BCUT2D eigenvalue weighted by molar-refractivity contribution is -0.140. The molecule has 0 saturated carbocycles. The summed E-state index contributed by atoms with van der Waals surface area (Å²) in [6.45, 7) is 4.63. The van der Waals surface area contributed by atoms with Gasteiger partial charge in [0.25, 0.3) is 0 Å². The molecule has 0 bridgehead atoms. The number of unbranched alkanes of at least 4 members (excludes halogenated alkanes) is 1. The van der Waals surface area contributed by atoms with Gasteiger partial charge >= 0.3 is 5.97 Å². The number of esters is 1. The number of benzene rings is 1. The Hall–Kier alpha value is -1.92. The van der Waals surface area contributed by atoms with E-state index in [0.29, 0.717) is 6.61 Å². The number of thiophene rings is 1. The number of ether oxygens (including phenoxy) is 1. The molecular formula is C19H20N2O2S2. The first-order chi connectivity index (χ1) is 12.2. The molecule has 6 heteroatoms. The van der Waals surface area contributed by atoms with Gasteiger partial charge in [0, 0.05) is 10.9 Å². The molecule has 130 valence electrons. The summed E-state index contributed by atoms with van der Waals surface area (Å²) in [4.78, 5) is 21.6.